The summed E-state index contributed by atoms with van der Waals surface area (Å²) in [4.78, 5) is 4.64. The molecular weight excluding hydrogens is 244 g/mol. The van der Waals surface area contributed by atoms with E-state index in [4.69, 9.17) is 5.73 Å². The highest BCUT2D eigenvalue weighted by molar-refractivity contribution is 7.99. The van der Waals surface area contributed by atoms with Crippen molar-refractivity contribution in [2.75, 3.05) is 0 Å². The Morgan fingerprint density at radius 1 is 1.33 bits per heavy atom. The van der Waals surface area contributed by atoms with Crippen LogP contribution in [0.15, 0.2) is 35.4 Å². The van der Waals surface area contributed by atoms with Gasteiger partial charge in [0.1, 0.15) is 5.03 Å². The lowest BCUT2D eigenvalue weighted by Gasteiger charge is -2.16. The number of thioether (sulfide) groups is 1. The van der Waals surface area contributed by atoms with Crippen molar-refractivity contribution < 1.29 is 5.11 Å². The van der Waals surface area contributed by atoms with Crippen LogP contribution in [0.2, 0.25) is 0 Å². The highest BCUT2D eigenvalue weighted by Gasteiger charge is 2.14. The zero-order valence-corrected chi connectivity index (χ0v) is 11.4. The third-order valence-electron chi connectivity index (χ3n) is 2.96. The number of para-hydroxylation sites is 1. The number of hydrogen-bond acceptors (Lipinski definition) is 4. The molecule has 0 saturated heterocycles. The van der Waals surface area contributed by atoms with Gasteiger partial charge in [-0.25, -0.2) is 4.98 Å². The Hall–Kier alpha value is -1.10. The molecule has 0 saturated carbocycles. The van der Waals surface area contributed by atoms with Crippen molar-refractivity contribution in [2.24, 2.45) is 5.73 Å². The van der Waals surface area contributed by atoms with E-state index in [0.29, 0.717) is 6.54 Å². The first-order valence-electron chi connectivity index (χ1n) is 6.05. The summed E-state index contributed by atoms with van der Waals surface area (Å²) < 4.78 is 0. The molecule has 0 radical (unpaired) electrons. The molecule has 2 atom stereocenters. The van der Waals surface area contributed by atoms with Crippen LogP contribution in [0.25, 0.3) is 10.9 Å². The van der Waals surface area contributed by atoms with Gasteiger partial charge in [-0.3, -0.25) is 0 Å². The normalized spacial score (nSPS) is 14.7. The summed E-state index contributed by atoms with van der Waals surface area (Å²) in [7, 11) is 0. The lowest BCUT2D eigenvalue weighted by Crippen LogP contribution is -2.16. The molecule has 0 aliphatic rings. The summed E-state index contributed by atoms with van der Waals surface area (Å²) in [6.45, 7) is 4.25. The Morgan fingerprint density at radius 3 is 2.72 bits per heavy atom. The highest BCUT2D eigenvalue weighted by Crippen LogP contribution is 2.29. The minimum absolute atomic E-state index is 0.101. The largest absolute Gasteiger partial charge is 0.392 e. The number of nitrogens with two attached hydrogens (primary N) is 1. The fourth-order valence-corrected chi connectivity index (χ4v) is 2.66. The number of aromatic nitrogens is 1. The van der Waals surface area contributed by atoms with Gasteiger partial charge in [0.05, 0.1) is 11.6 Å². The van der Waals surface area contributed by atoms with Crippen molar-refractivity contribution in [1.29, 1.82) is 0 Å². The van der Waals surface area contributed by atoms with Gasteiger partial charge in [0.2, 0.25) is 0 Å². The summed E-state index contributed by atoms with van der Waals surface area (Å²) in [6.07, 6.45) is -0.367. The Kier molecular flexibility index (Phi) is 4.22. The van der Waals surface area contributed by atoms with Crippen LogP contribution in [0.4, 0.5) is 0 Å². The zero-order chi connectivity index (χ0) is 13.1. The van der Waals surface area contributed by atoms with Gasteiger partial charge in [-0.1, -0.05) is 25.1 Å². The number of pyridine rings is 1. The number of fused-ring (bicyclic) bond motifs is 1. The molecule has 96 valence electrons. The van der Waals surface area contributed by atoms with E-state index in [2.05, 4.69) is 11.1 Å². The van der Waals surface area contributed by atoms with Gasteiger partial charge >= 0.3 is 0 Å². The SMILES string of the molecule is CC(O)C(C)Sc1nc2ccccc2cc1CN. The van der Waals surface area contributed by atoms with E-state index >= 15 is 0 Å². The van der Waals surface area contributed by atoms with E-state index in [0.717, 1.165) is 21.5 Å². The Balaban J connectivity index is 2.41. The monoisotopic (exact) mass is 262 g/mol. The molecule has 0 aliphatic heterocycles. The standard InChI is InChI=1S/C14H18N2OS/c1-9(17)10(2)18-14-12(8-15)7-11-5-3-4-6-13(11)16-14/h3-7,9-10,17H,8,15H2,1-2H3. The van der Waals surface area contributed by atoms with Crippen molar-refractivity contribution >= 4 is 22.7 Å². The third-order valence-corrected chi connectivity index (χ3v) is 4.30. The van der Waals surface area contributed by atoms with Crippen molar-refractivity contribution in [3.63, 3.8) is 0 Å². The molecule has 2 rings (SSSR count). The molecule has 2 aromatic rings. The van der Waals surface area contributed by atoms with Crippen LogP contribution < -0.4 is 5.73 Å². The van der Waals surface area contributed by atoms with Crippen LogP contribution in [0, 0.1) is 0 Å². The molecule has 0 fully saturated rings. The highest BCUT2D eigenvalue weighted by atomic mass is 32.2. The van der Waals surface area contributed by atoms with Crippen LogP contribution in [-0.4, -0.2) is 21.4 Å². The van der Waals surface area contributed by atoms with Crippen LogP contribution in [0.3, 0.4) is 0 Å². The molecule has 1 aromatic heterocycles. The van der Waals surface area contributed by atoms with E-state index in [1.807, 2.05) is 31.2 Å². The number of aliphatic hydroxyl groups excluding tert-OH is 1. The maximum Gasteiger partial charge on any atom is 0.102 e. The molecule has 18 heavy (non-hydrogen) atoms. The zero-order valence-electron chi connectivity index (χ0n) is 10.6. The molecule has 4 heteroatoms. The first-order valence-corrected chi connectivity index (χ1v) is 6.93. The summed E-state index contributed by atoms with van der Waals surface area (Å²) in [6, 6.07) is 10.1. The second kappa shape index (κ2) is 5.69. The average Bonchev–Trinajstić information content (AvgIpc) is 2.37. The van der Waals surface area contributed by atoms with Crippen molar-refractivity contribution in [1.82, 2.24) is 4.98 Å². The minimum Gasteiger partial charge on any atom is -0.392 e. The van der Waals surface area contributed by atoms with Crippen LogP contribution >= 0.6 is 11.8 Å². The number of rotatable bonds is 4. The maximum absolute atomic E-state index is 9.58. The topological polar surface area (TPSA) is 59.1 Å². The van der Waals surface area contributed by atoms with Gasteiger partial charge in [0, 0.05) is 17.2 Å². The molecule has 0 amide bonds. The number of hydrogen-bond donors (Lipinski definition) is 2. The van der Waals surface area contributed by atoms with Crippen molar-refractivity contribution in [2.45, 2.75) is 36.8 Å². The maximum atomic E-state index is 9.58. The average molecular weight is 262 g/mol. The van der Waals surface area contributed by atoms with Gasteiger partial charge in [-0.15, -0.1) is 11.8 Å². The minimum atomic E-state index is -0.367. The lowest BCUT2D eigenvalue weighted by molar-refractivity contribution is 0.196. The second-order valence-corrected chi connectivity index (χ2v) is 5.78. The number of benzene rings is 1. The van der Waals surface area contributed by atoms with Crippen molar-refractivity contribution in [3.8, 4) is 0 Å². The number of nitrogens with zero attached hydrogens (tertiary/aromatic N) is 1. The Bertz CT molecular complexity index is 542. The number of aliphatic hydroxyl groups is 1. The van der Waals surface area contributed by atoms with E-state index in [1.165, 1.54) is 0 Å². The van der Waals surface area contributed by atoms with Gasteiger partial charge in [-0.2, -0.15) is 0 Å². The molecule has 0 spiro atoms. The summed E-state index contributed by atoms with van der Waals surface area (Å²) in [5, 5.41) is 11.7. The summed E-state index contributed by atoms with van der Waals surface area (Å²) in [5.41, 5.74) is 7.78. The van der Waals surface area contributed by atoms with Crippen LogP contribution in [0.1, 0.15) is 19.4 Å². The van der Waals surface area contributed by atoms with E-state index < -0.39 is 0 Å². The van der Waals surface area contributed by atoms with Gasteiger partial charge in [-0.05, 0) is 24.6 Å². The summed E-state index contributed by atoms with van der Waals surface area (Å²) >= 11 is 1.58. The van der Waals surface area contributed by atoms with Crippen molar-refractivity contribution in [3.05, 3.63) is 35.9 Å². The molecule has 2 unspecified atom stereocenters. The van der Waals surface area contributed by atoms with Crippen LogP contribution in [0.5, 0.6) is 0 Å². The third kappa shape index (κ3) is 2.83. The van der Waals surface area contributed by atoms with E-state index in [-0.39, 0.29) is 11.4 Å². The molecule has 0 aliphatic carbocycles. The molecule has 1 aromatic carbocycles. The Labute approximate surface area is 111 Å². The first-order chi connectivity index (χ1) is 8.61. The smallest absolute Gasteiger partial charge is 0.102 e. The predicted octanol–water partition coefficient (Wildman–Crippen LogP) is 2.55. The molecule has 1 heterocycles. The molecule has 3 nitrogen and oxygen atoms in total. The van der Waals surface area contributed by atoms with Crippen LogP contribution in [-0.2, 0) is 6.54 Å². The fourth-order valence-electron chi connectivity index (χ4n) is 1.66. The van der Waals surface area contributed by atoms with Gasteiger partial charge in [0.15, 0.2) is 0 Å². The van der Waals surface area contributed by atoms with Gasteiger partial charge < -0.3 is 10.8 Å². The van der Waals surface area contributed by atoms with E-state index in [1.54, 1.807) is 18.7 Å². The second-order valence-electron chi connectivity index (χ2n) is 4.41. The van der Waals surface area contributed by atoms with Gasteiger partial charge in [0.25, 0.3) is 0 Å². The quantitative estimate of drug-likeness (QED) is 0.831. The first kappa shape index (κ1) is 13.3. The molecule has 0 bridgehead atoms. The lowest BCUT2D eigenvalue weighted by atomic mass is 10.1. The summed E-state index contributed by atoms with van der Waals surface area (Å²) in [5.74, 6) is 0. The molecule has 3 N–H and O–H groups in total. The molecular formula is C14H18N2OS. The Morgan fingerprint density at radius 2 is 2.06 bits per heavy atom. The van der Waals surface area contributed by atoms with E-state index in [9.17, 15) is 5.11 Å². The fraction of sp³-hybridized carbons (Fsp3) is 0.357. The predicted molar refractivity (Wildman–Crippen MR) is 76.6 cm³/mol.